The molecule has 19 heavy (non-hydrogen) atoms. The molecule has 2 unspecified atom stereocenters. The number of halogens is 1. The van der Waals surface area contributed by atoms with E-state index < -0.39 is 0 Å². The number of hydrogen-bond acceptors (Lipinski definition) is 5. The molecule has 2 rings (SSSR count). The summed E-state index contributed by atoms with van der Waals surface area (Å²) in [6.07, 6.45) is 1.65. The average Bonchev–Trinajstić information content (AvgIpc) is 2.88. The summed E-state index contributed by atoms with van der Waals surface area (Å²) in [4.78, 5) is 8.55. The van der Waals surface area contributed by atoms with Gasteiger partial charge in [0.1, 0.15) is 5.69 Å². The van der Waals surface area contributed by atoms with E-state index >= 15 is 0 Å². The van der Waals surface area contributed by atoms with Gasteiger partial charge in [0, 0.05) is 12.2 Å². The Kier molecular flexibility index (Phi) is 4.50. The molecule has 0 bridgehead atoms. The van der Waals surface area contributed by atoms with E-state index in [-0.39, 0.29) is 12.0 Å². The second-order valence-corrected chi connectivity index (χ2v) is 4.83. The summed E-state index contributed by atoms with van der Waals surface area (Å²) in [5, 5.41) is 7.80. The quantitative estimate of drug-likeness (QED) is 0.912. The monoisotopic (exact) mass is 280 g/mol. The van der Waals surface area contributed by atoms with Crippen LogP contribution in [0.15, 0.2) is 22.9 Å². The number of nitrogens with one attached hydrogen (secondary N) is 1. The van der Waals surface area contributed by atoms with Crippen LogP contribution in [0, 0.1) is 0 Å². The third-order valence-electron chi connectivity index (χ3n) is 3.08. The van der Waals surface area contributed by atoms with Gasteiger partial charge in [0.05, 0.1) is 10.9 Å². The minimum Gasteiger partial charge on any atom is -0.339 e. The summed E-state index contributed by atoms with van der Waals surface area (Å²) in [6, 6.07) is 3.78. The van der Waals surface area contributed by atoms with Gasteiger partial charge >= 0.3 is 0 Å². The molecule has 2 aromatic rings. The molecule has 102 valence electrons. The molecule has 2 atom stereocenters. The van der Waals surface area contributed by atoms with Crippen molar-refractivity contribution < 1.29 is 4.52 Å². The topological polar surface area (TPSA) is 63.8 Å². The summed E-state index contributed by atoms with van der Waals surface area (Å²) in [6.45, 7) is 7.10. The Labute approximate surface area is 117 Å². The van der Waals surface area contributed by atoms with E-state index in [0.717, 1.165) is 6.54 Å². The summed E-state index contributed by atoms with van der Waals surface area (Å²) >= 11 is 6.06. The van der Waals surface area contributed by atoms with Gasteiger partial charge in [-0.3, -0.25) is 4.98 Å². The van der Waals surface area contributed by atoms with Gasteiger partial charge in [0.25, 0.3) is 0 Å². The fraction of sp³-hybridized carbons (Fsp3) is 0.462. The first kappa shape index (κ1) is 14.0. The van der Waals surface area contributed by atoms with Crippen LogP contribution in [0.4, 0.5) is 0 Å². The van der Waals surface area contributed by atoms with Crippen LogP contribution in [0.25, 0.3) is 11.5 Å². The van der Waals surface area contributed by atoms with Crippen LogP contribution in [-0.2, 0) is 0 Å². The molecule has 1 N–H and O–H groups in total. The molecule has 0 saturated heterocycles. The van der Waals surface area contributed by atoms with Crippen molar-refractivity contribution in [3.8, 4) is 11.5 Å². The SMILES string of the molecule is CCNC(C)C(C)c1nc(-c2ncccc2Cl)no1. The van der Waals surface area contributed by atoms with Gasteiger partial charge in [-0.2, -0.15) is 4.98 Å². The first-order valence-electron chi connectivity index (χ1n) is 6.31. The lowest BCUT2D eigenvalue weighted by Crippen LogP contribution is -2.30. The van der Waals surface area contributed by atoms with Crippen LogP contribution in [0.2, 0.25) is 5.02 Å². The highest BCUT2D eigenvalue weighted by Crippen LogP contribution is 2.25. The van der Waals surface area contributed by atoms with E-state index in [1.165, 1.54) is 0 Å². The molecule has 5 nitrogen and oxygen atoms in total. The molecule has 0 amide bonds. The maximum Gasteiger partial charge on any atom is 0.231 e. The highest BCUT2D eigenvalue weighted by Gasteiger charge is 2.21. The molecule has 6 heteroatoms. The third-order valence-corrected chi connectivity index (χ3v) is 3.38. The second-order valence-electron chi connectivity index (χ2n) is 4.43. The van der Waals surface area contributed by atoms with Crippen molar-refractivity contribution in [2.75, 3.05) is 6.54 Å². The standard InChI is InChI=1S/C13H17ClN4O/c1-4-15-9(3)8(2)13-17-12(18-19-13)11-10(14)6-5-7-16-11/h5-9,15H,4H2,1-3H3. The van der Waals surface area contributed by atoms with Crippen LogP contribution >= 0.6 is 11.6 Å². The molecule has 2 heterocycles. The number of pyridine rings is 1. The molecule has 0 saturated carbocycles. The zero-order valence-electron chi connectivity index (χ0n) is 11.2. The predicted octanol–water partition coefficient (Wildman–Crippen LogP) is 2.89. The number of hydrogen-bond donors (Lipinski definition) is 1. The van der Waals surface area contributed by atoms with Gasteiger partial charge in [-0.1, -0.05) is 30.6 Å². The molecule has 0 aliphatic heterocycles. The van der Waals surface area contributed by atoms with Gasteiger partial charge in [-0.15, -0.1) is 0 Å². The molecule has 0 fully saturated rings. The van der Waals surface area contributed by atoms with Crippen molar-refractivity contribution in [2.45, 2.75) is 32.7 Å². The number of nitrogens with zero attached hydrogens (tertiary/aromatic N) is 3. The van der Waals surface area contributed by atoms with Crippen molar-refractivity contribution in [3.05, 3.63) is 29.2 Å². The summed E-state index contributed by atoms with van der Waals surface area (Å²) < 4.78 is 5.30. The zero-order chi connectivity index (χ0) is 13.8. The van der Waals surface area contributed by atoms with Gasteiger partial charge in [-0.05, 0) is 25.6 Å². The molecule has 0 radical (unpaired) electrons. The molecule has 0 aliphatic rings. The number of aromatic nitrogens is 3. The summed E-state index contributed by atoms with van der Waals surface area (Å²) in [5.41, 5.74) is 0.544. The zero-order valence-corrected chi connectivity index (χ0v) is 12.0. The van der Waals surface area contributed by atoms with Crippen molar-refractivity contribution in [1.82, 2.24) is 20.4 Å². The molecule has 0 aliphatic carbocycles. The van der Waals surface area contributed by atoms with Crippen LogP contribution in [0.1, 0.15) is 32.6 Å². The Morgan fingerprint density at radius 2 is 2.21 bits per heavy atom. The van der Waals surface area contributed by atoms with E-state index in [4.69, 9.17) is 16.1 Å². The Morgan fingerprint density at radius 1 is 1.42 bits per heavy atom. The number of likely N-dealkylation sites (N-methyl/N-ethyl adjacent to an activating group) is 1. The lowest BCUT2D eigenvalue weighted by Gasteiger charge is -2.16. The minimum atomic E-state index is 0.128. The van der Waals surface area contributed by atoms with Crippen LogP contribution < -0.4 is 5.32 Å². The maximum absolute atomic E-state index is 6.06. The van der Waals surface area contributed by atoms with Crippen molar-refractivity contribution in [3.63, 3.8) is 0 Å². The van der Waals surface area contributed by atoms with Gasteiger partial charge in [0.2, 0.25) is 11.7 Å². The smallest absolute Gasteiger partial charge is 0.231 e. The molecular formula is C13H17ClN4O. The highest BCUT2D eigenvalue weighted by molar-refractivity contribution is 6.32. The first-order valence-corrected chi connectivity index (χ1v) is 6.69. The van der Waals surface area contributed by atoms with Crippen LogP contribution in [0.3, 0.4) is 0 Å². The van der Waals surface area contributed by atoms with E-state index in [9.17, 15) is 0 Å². The van der Waals surface area contributed by atoms with Gasteiger partial charge in [0.15, 0.2) is 0 Å². The molecule has 2 aromatic heterocycles. The van der Waals surface area contributed by atoms with Crippen LogP contribution in [0.5, 0.6) is 0 Å². The maximum atomic E-state index is 6.06. The second kappa shape index (κ2) is 6.12. The van der Waals surface area contributed by atoms with Crippen molar-refractivity contribution >= 4 is 11.6 Å². The van der Waals surface area contributed by atoms with Gasteiger partial charge < -0.3 is 9.84 Å². The lowest BCUT2D eigenvalue weighted by atomic mass is 10.0. The van der Waals surface area contributed by atoms with Crippen LogP contribution in [-0.4, -0.2) is 27.7 Å². The molecular weight excluding hydrogens is 264 g/mol. The predicted molar refractivity (Wildman–Crippen MR) is 74.1 cm³/mol. The largest absolute Gasteiger partial charge is 0.339 e. The third kappa shape index (κ3) is 3.11. The lowest BCUT2D eigenvalue weighted by molar-refractivity contribution is 0.332. The van der Waals surface area contributed by atoms with Crippen molar-refractivity contribution in [2.24, 2.45) is 0 Å². The first-order chi connectivity index (χ1) is 9.13. The Balaban J connectivity index is 2.22. The molecule has 0 spiro atoms. The van der Waals surface area contributed by atoms with E-state index in [1.54, 1.807) is 18.3 Å². The van der Waals surface area contributed by atoms with E-state index in [2.05, 4.69) is 34.3 Å². The van der Waals surface area contributed by atoms with E-state index in [1.807, 2.05) is 6.92 Å². The molecule has 0 aromatic carbocycles. The average molecular weight is 281 g/mol. The minimum absolute atomic E-state index is 0.128. The van der Waals surface area contributed by atoms with Gasteiger partial charge in [-0.25, -0.2) is 0 Å². The summed E-state index contributed by atoms with van der Waals surface area (Å²) in [5.74, 6) is 1.14. The Bertz CT molecular complexity index is 543. The van der Waals surface area contributed by atoms with Crippen molar-refractivity contribution in [1.29, 1.82) is 0 Å². The van der Waals surface area contributed by atoms with E-state index in [0.29, 0.717) is 22.4 Å². The fourth-order valence-corrected chi connectivity index (χ4v) is 1.99. The Hall–Kier alpha value is -1.46. The normalized spacial score (nSPS) is 14.3. The fourth-order valence-electron chi connectivity index (χ4n) is 1.78. The highest BCUT2D eigenvalue weighted by atomic mass is 35.5. The Morgan fingerprint density at radius 3 is 2.89 bits per heavy atom. The number of rotatable bonds is 5. The summed E-state index contributed by atoms with van der Waals surface area (Å²) in [7, 11) is 0.